The summed E-state index contributed by atoms with van der Waals surface area (Å²) in [4.78, 5) is 22.3. The van der Waals surface area contributed by atoms with Gasteiger partial charge in [0, 0.05) is 18.6 Å². The van der Waals surface area contributed by atoms with Crippen LogP contribution in [0.25, 0.3) is 0 Å². The third kappa shape index (κ3) is 9.35. The zero-order chi connectivity index (χ0) is 13.1. The molecule has 0 aromatic heterocycles. The molecule has 0 N–H and O–H groups in total. The van der Waals surface area contributed by atoms with Crippen LogP contribution in [-0.2, 0) is 19.1 Å². The van der Waals surface area contributed by atoms with Crippen molar-refractivity contribution in [1.82, 2.24) is 0 Å². The molecular formula is C13H20O4. The minimum absolute atomic E-state index is 0.235. The maximum atomic E-state index is 11.2. The van der Waals surface area contributed by atoms with Crippen LogP contribution in [0.3, 0.4) is 0 Å². The molecule has 1 unspecified atom stereocenters. The van der Waals surface area contributed by atoms with E-state index in [0.717, 1.165) is 25.0 Å². The summed E-state index contributed by atoms with van der Waals surface area (Å²) in [6.45, 7) is 7.68. The van der Waals surface area contributed by atoms with E-state index in [2.05, 4.69) is 6.58 Å². The molecule has 0 saturated heterocycles. The first-order valence-electron chi connectivity index (χ1n) is 5.76. The fraction of sp³-hybridized carbons (Fsp3) is 0.538. The minimum atomic E-state index is -0.549. The number of unbranched alkanes of at least 4 members (excludes halogenated alkanes) is 1. The predicted octanol–water partition coefficient (Wildman–Crippen LogP) is 2.39. The van der Waals surface area contributed by atoms with Crippen LogP contribution in [0.1, 0.15) is 33.1 Å². The lowest BCUT2D eigenvalue weighted by molar-refractivity contribution is -0.143. The van der Waals surface area contributed by atoms with Crippen LogP contribution in [0.5, 0.6) is 0 Å². The summed E-state index contributed by atoms with van der Waals surface area (Å²) in [5.74, 6) is -1.07. The van der Waals surface area contributed by atoms with Crippen LogP contribution >= 0.6 is 0 Å². The maximum Gasteiger partial charge on any atom is 0.331 e. The Morgan fingerprint density at radius 2 is 1.94 bits per heavy atom. The molecule has 0 heterocycles. The lowest BCUT2D eigenvalue weighted by Crippen LogP contribution is -2.12. The van der Waals surface area contributed by atoms with Gasteiger partial charge >= 0.3 is 11.9 Å². The Morgan fingerprint density at radius 3 is 2.53 bits per heavy atom. The standard InChI is InChI=1S/C13H20O4/c1-4-6-10-16-12(14)8-9-13(15)17-11(3)7-5-2/h5,8-9,11H,2,4,6-7,10H2,1,3H3/b9-8+. The van der Waals surface area contributed by atoms with Crippen molar-refractivity contribution in [2.24, 2.45) is 0 Å². The fourth-order valence-corrected chi connectivity index (χ4v) is 1.02. The molecule has 4 heteroatoms. The monoisotopic (exact) mass is 240 g/mol. The van der Waals surface area contributed by atoms with E-state index in [-0.39, 0.29) is 6.10 Å². The van der Waals surface area contributed by atoms with Crippen LogP contribution in [0.4, 0.5) is 0 Å². The van der Waals surface area contributed by atoms with E-state index in [1.165, 1.54) is 0 Å². The van der Waals surface area contributed by atoms with Crippen LogP contribution in [0.2, 0.25) is 0 Å². The number of ether oxygens (including phenoxy) is 2. The van der Waals surface area contributed by atoms with E-state index in [4.69, 9.17) is 9.47 Å². The lowest BCUT2D eigenvalue weighted by atomic mass is 10.3. The Morgan fingerprint density at radius 1 is 1.29 bits per heavy atom. The number of hydrogen-bond acceptors (Lipinski definition) is 4. The van der Waals surface area contributed by atoms with Gasteiger partial charge in [0.15, 0.2) is 0 Å². The molecule has 4 nitrogen and oxygen atoms in total. The summed E-state index contributed by atoms with van der Waals surface area (Å²) in [6.07, 6.45) is 5.95. The molecule has 0 bridgehead atoms. The number of rotatable bonds is 8. The Kier molecular flexibility index (Phi) is 8.74. The van der Waals surface area contributed by atoms with Gasteiger partial charge in [-0.2, -0.15) is 0 Å². The number of esters is 2. The van der Waals surface area contributed by atoms with Gasteiger partial charge in [-0.1, -0.05) is 19.4 Å². The van der Waals surface area contributed by atoms with Gasteiger partial charge in [-0.3, -0.25) is 0 Å². The average Bonchev–Trinajstić information content (AvgIpc) is 2.27. The van der Waals surface area contributed by atoms with Crippen molar-refractivity contribution in [3.05, 3.63) is 24.8 Å². The van der Waals surface area contributed by atoms with Crippen molar-refractivity contribution < 1.29 is 19.1 Å². The van der Waals surface area contributed by atoms with Crippen molar-refractivity contribution in [3.63, 3.8) is 0 Å². The molecule has 0 aliphatic carbocycles. The van der Waals surface area contributed by atoms with Crippen molar-refractivity contribution in [2.75, 3.05) is 6.61 Å². The molecule has 0 fully saturated rings. The van der Waals surface area contributed by atoms with E-state index in [0.29, 0.717) is 13.0 Å². The SMILES string of the molecule is C=CCC(C)OC(=O)/C=C/C(=O)OCCCC. The largest absolute Gasteiger partial charge is 0.463 e. The Labute approximate surface area is 102 Å². The molecule has 0 amide bonds. The highest BCUT2D eigenvalue weighted by Gasteiger charge is 2.05. The van der Waals surface area contributed by atoms with Gasteiger partial charge in [-0.15, -0.1) is 6.58 Å². The fourth-order valence-electron chi connectivity index (χ4n) is 1.02. The van der Waals surface area contributed by atoms with Crippen molar-refractivity contribution >= 4 is 11.9 Å². The molecule has 0 rings (SSSR count). The lowest BCUT2D eigenvalue weighted by Gasteiger charge is -2.08. The van der Waals surface area contributed by atoms with Crippen molar-refractivity contribution in [2.45, 2.75) is 39.2 Å². The smallest absolute Gasteiger partial charge is 0.331 e. The summed E-state index contributed by atoms with van der Waals surface area (Å²) < 4.78 is 9.80. The molecule has 1 atom stereocenters. The van der Waals surface area contributed by atoms with Crippen LogP contribution in [0, 0.1) is 0 Å². The highest BCUT2D eigenvalue weighted by molar-refractivity contribution is 5.91. The number of hydrogen-bond donors (Lipinski definition) is 0. The van der Waals surface area contributed by atoms with Crippen LogP contribution in [0.15, 0.2) is 24.8 Å². The second kappa shape index (κ2) is 9.63. The molecule has 0 aliphatic heterocycles. The van der Waals surface area contributed by atoms with Crippen LogP contribution in [-0.4, -0.2) is 24.6 Å². The quantitative estimate of drug-likeness (QED) is 0.283. The van der Waals surface area contributed by atoms with Gasteiger partial charge in [0.2, 0.25) is 0 Å². The summed E-state index contributed by atoms with van der Waals surface area (Å²) in [5.41, 5.74) is 0. The molecule has 0 aromatic carbocycles. The van der Waals surface area contributed by atoms with E-state index >= 15 is 0 Å². The normalized spacial score (nSPS) is 12.1. The summed E-state index contributed by atoms with van der Waals surface area (Å²) in [6, 6.07) is 0. The molecule has 0 radical (unpaired) electrons. The van der Waals surface area contributed by atoms with Gasteiger partial charge in [-0.25, -0.2) is 9.59 Å². The third-order valence-electron chi connectivity index (χ3n) is 1.91. The molecule has 0 saturated carbocycles. The third-order valence-corrected chi connectivity index (χ3v) is 1.91. The molecule has 96 valence electrons. The van der Waals surface area contributed by atoms with Crippen molar-refractivity contribution in [1.29, 1.82) is 0 Å². The molecular weight excluding hydrogens is 220 g/mol. The first kappa shape index (κ1) is 15.4. The van der Waals surface area contributed by atoms with Gasteiger partial charge in [0.1, 0.15) is 6.10 Å². The minimum Gasteiger partial charge on any atom is -0.463 e. The van der Waals surface area contributed by atoms with Gasteiger partial charge < -0.3 is 9.47 Å². The highest BCUT2D eigenvalue weighted by atomic mass is 16.5. The van der Waals surface area contributed by atoms with Crippen LogP contribution < -0.4 is 0 Å². The predicted molar refractivity (Wildman–Crippen MR) is 65.4 cm³/mol. The van der Waals surface area contributed by atoms with E-state index in [1.807, 2.05) is 6.92 Å². The zero-order valence-corrected chi connectivity index (χ0v) is 10.5. The van der Waals surface area contributed by atoms with E-state index in [1.54, 1.807) is 13.0 Å². The number of carbonyl (C=O) groups is 2. The maximum absolute atomic E-state index is 11.2. The molecule has 0 aromatic rings. The zero-order valence-electron chi connectivity index (χ0n) is 10.5. The van der Waals surface area contributed by atoms with Gasteiger partial charge in [-0.05, 0) is 13.3 Å². The Hall–Kier alpha value is -1.58. The first-order valence-corrected chi connectivity index (χ1v) is 5.76. The van der Waals surface area contributed by atoms with Gasteiger partial charge in [0.05, 0.1) is 6.61 Å². The number of carbonyl (C=O) groups excluding carboxylic acids is 2. The Bertz CT molecular complexity index is 281. The first-order chi connectivity index (χ1) is 8.10. The van der Waals surface area contributed by atoms with E-state index in [9.17, 15) is 9.59 Å². The summed E-state index contributed by atoms with van der Waals surface area (Å²) in [7, 11) is 0. The van der Waals surface area contributed by atoms with Gasteiger partial charge in [0.25, 0.3) is 0 Å². The topological polar surface area (TPSA) is 52.6 Å². The molecule has 17 heavy (non-hydrogen) atoms. The average molecular weight is 240 g/mol. The summed E-state index contributed by atoms with van der Waals surface area (Å²) >= 11 is 0. The summed E-state index contributed by atoms with van der Waals surface area (Å²) in [5, 5.41) is 0. The second-order valence-electron chi connectivity index (χ2n) is 3.63. The molecule has 0 aliphatic rings. The van der Waals surface area contributed by atoms with Crippen molar-refractivity contribution in [3.8, 4) is 0 Å². The second-order valence-corrected chi connectivity index (χ2v) is 3.63. The highest BCUT2D eigenvalue weighted by Crippen LogP contribution is 1.99. The van der Waals surface area contributed by atoms with E-state index < -0.39 is 11.9 Å². The molecule has 0 spiro atoms. The Balaban J connectivity index is 3.85.